The molecule has 0 spiro atoms. The van der Waals surface area contributed by atoms with Gasteiger partial charge in [-0.2, -0.15) is 0 Å². The molecule has 2 heteroatoms. The van der Waals surface area contributed by atoms with Crippen LogP contribution in [0.1, 0.15) is 40.2 Å². The quantitative estimate of drug-likeness (QED) is 0.738. The van der Waals surface area contributed by atoms with E-state index >= 15 is 0 Å². The Morgan fingerprint density at radius 2 is 1.67 bits per heavy atom. The molecule has 0 unspecified atom stereocenters. The zero-order valence-electron chi connectivity index (χ0n) is 10.3. The van der Waals surface area contributed by atoms with Gasteiger partial charge in [0.2, 0.25) is 6.41 Å². The molecule has 0 aliphatic rings. The topological polar surface area (TPSA) is 29.1 Å². The molecule has 0 atom stereocenters. The van der Waals surface area contributed by atoms with Gasteiger partial charge in [-0.3, -0.25) is 4.79 Å². The molecule has 0 heterocycles. The number of para-hydroxylation sites is 1. The highest BCUT2D eigenvalue weighted by Crippen LogP contribution is 2.28. The molecular formula is C13H21NO. The molecule has 1 amide bonds. The van der Waals surface area contributed by atoms with Crippen molar-refractivity contribution in [2.24, 2.45) is 0 Å². The van der Waals surface area contributed by atoms with Crippen LogP contribution in [-0.2, 0) is 10.2 Å². The molecule has 1 rings (SSSR count). The third-order valence-electron chi connectivity index (χ3n) is 1.95. The summed E-state index contributed by atoms with van der Waals surface area (Å²) < 4.78 is 0. The van der Waals surface area contributed by atoms with E-state index in [1.54, 1.807) is 0 Å². The first kappa shape index (κ1) is 13.7. The van der Waals surface area contributed by atoms with Crippen molar-refractivity contribution in [2.45, 2.75) is 40.0 Å². The highest BCUT2D eigenvalue weighted by Gasteiger charge is 2.16. The minimum absolute atomic E-state index is 0.0621. The number of hydrogen-bond acceptors (Lipinski definition) is 1. The predicted octanol–water partition coefficient (Wildman–Crippen LogP) is 3.58. The van der Waals surface area contributed by atoms with E-state index in [1.807, 2.05) is 38.1 Å². The molecule has 84 valence electrons. The predicted molar refractivity (Wildman–Crippen MR) is 66.2 cm³/mol. The highest BCUT2D eigenvalue weighted by molar-refractivity contribution is 5.74. The maximum absolute atomic E-state index is 10.3. The van der Waals surface area contributed by atoms with E-state index in [1.165, 1.54) is 0 Å². The number of nitrogens with one attached hydrogen (secondary N) is 1. The van der Waals surface area contributed by atoms with Gasteiger partial charge < -0.3 is 5.32 Å². The first-order valence-corrected chi connectivity index (χ1v) is 5.35. The zero-order valence-corrected chi connectivity index (χ0v) is 10.3. The van der Waals surface area contributed by atoms with Gasteiger partial charge in [-0.1, -0.05) is 52.8 Å². The average Bonchev–Trinajstić information content (AvgIpc) is 2.21. The summed E-state index contributed by atoms with van der Waals surface area (Å²) in [5.74, 6) is 0. The van der Waals surface area contributed by atoms with Crippen molar-refractivity contribution in [3.63, 3.8) is 0 Å². The largest absolute Gasteiger partial charge is 0.328 e. The third kappa shape index (κ3) is 4.15. The normalized spacial score (nSPS) is 9.93. The second kappa shape index (κ2) is 6.23. The monoisotopic (exact) mass is 207 g/mol. The van der Waals surface area contributed by atoms with Crippen LogP contribution in [0.15, 0.2) is 24.3 Å². The van der Waals surface area contributed by atoms with Gasteiger partial charge in [0.15, 0.2) is 0 Å². The summed E-state index contributed by atoms with van der Waals surface area (Å²) >= 11 is 0. The first-order valence-electron chi connectivity index (χ1n) is 5.35. The minimum Gasteiger partial charge on any atom is -0.328 e. The lowest BCUT2D eigenvalue weighted by Gasteiger charge is -2.21. The number of amides is 1. The summed E-state index contributed by atoms with van der Waals surface area (Å²) in [7, 11) is 0. The van der Waals surface area contributed by atoms with Crippen LogP contribution in [0.5, 0.6) is 0 Å². The molecule has 1 N–H and O–H groups in total. The third-order valence-corrected chi connectivity index (χ3v) is 1.95. The van der Waals surface area contributed by atoms with Crippen LogP contribution in [-0.4, -0.2) is 6.41 Å². The smallest absolute Gasteiger partial charge is 0.211 e. The van der Waals surface area contributed by atoms with Gasteiger partial charge in [-0.15, -0.1) is 0 Å². The van der Waals surface area contributed by atoms with Crippen LogP contribution in [0, 0.1) is 0 Å². The standard InChI is InChI=1S/C11H15NO.C2H6/c1-11(2,3)9-6-4-5-7-10(9)12-8-13;1-2/h4-8H,1-3H3,(H,12,13);1-2H3. The van der Waals surface area contributed by atoms with Gasteiger partial charge >= 0.3 is 0 Å². The number of rotatable bonds is 2. The van der Waals surface area contributed by atoms with Crippen LogP contribution < -0.4 is 5.32 Å². The van der Waals surface area contributed by atoms with Crippen molar-refractivity contribution in [3.8, 4) is 0 Å². The summed E-state index contributed by atoms with van der Waals surface area (Å²) in [6.07, 6.45) is 0.713. The summed E-state index contributed by atoms with van der Waals surface area (Å²) in [4.78, 5) is 10.3. The molecule has 1 aromatic rings. The van der Waals surface area contributed by atoms with Gasteiger partial charge in [0.1, 0.15) is 0 Å². The van der Waals surface area contributed by atoms with Gasteiger partial charge in [-0.25, -0.2) is 0 Å². The van der Waals surface area contributed by atoms with Crippen molar-refractivity contribution < 1.29 is 4.79 Å². The molecule has 0 bridgehead atoms. The Kier molecular flexibility index (Phi) is 5.68. The molecular weight excluding hydrogens is 186 g/mol. The molecule has 0 aliphatic carbocycles. The minimum atomic E-state index is 0.0621. The Balaban J connectivity index is 0.000000921. The summed E-state index contributed by atoms with van der Waals surface area (Å²) in [6.45, 7) is 10.4. The first-order chi connectivity index (χ1) is 7.05. The maximum Gasteiger partial charge on any atom is 0.211 e. The number of benzene rings is 1. The SMILES string of the molecule is CC.CC(C)(C)c1ccccc1NC=O. The Labute approximate surface area is 92.7 Å². The number of carbonyl (C=O) groups excluding carboxylic acids is 1. The second-order valence-electron chi connectivity index (χ2n) is 4.06. The van der Waals surface area contributed by atoms with E-state index in [-0.39, 0.29) is 5.41 Å². The number of anilines is 1. The second-order valence-corrected chi connectivity index (χ2v) is 4.06. The fraction of sp³-hybridized carbons (Fsp3) is 0.462. The van der Waals surface area contributed by atoms with E-state index in [0.717, 1.165) is 11.3 Å². The fourth-order valence-corrected chi connectivity index (χ4v) is 1.33. The van der Waals surface area contributed by atoms with Crippen LogP contribution in [0.4, 0.5) is 5.69 Å². The maximum atomic E-state index is 10.3. The van der Waals surface area contributed by atoms with Gasteiger partial charge in [0, 0.05) is 5.69 Å². The Morgan fingerprint density at radius 1 is 1.13 bits per heavy atom. The Bertz CT molecular complexity index is 300. The van der Waals surface area contributed by atoms with E-state index in [4.69, 9.17) is 0 Å². The van der Waals surface area contributed by atoms with Crippen LogP contribution in [0.3, 0.4) is 0 Å². The molecule has 2 nitrogen and oxygen atoms in total. The Hall–Kier alpha value is -1.31. The molecule has 0 aromatic heterocycles. The number of hydrogen-bond donors (Lipinski definition) is 1. The molecule has 0 radical (unpaired) electrons. The van der Waals surface area contributed by atoms with Crippen molar-refractivity contribution in [2.75, 3.05) is 5.32 Å². The lowest BCUT2D eigenvalue weighted by molar-refractivity contribution is -0.105. The van der Waals surface area contributed by atoms with Gasteiger partial charge in [0.25, 0.3) is 0 Å². The average molecular weight is 207 g/mol. The molecule has 15 heavy (non-hydrogen) atoms. The molecule has 1 aromatic carbocycles. The van der Waals surface area contributed by atoms with Crippen LogP contribution >= 0.6 is 0 Å². The van der Waals surface area contributed by atoms with Crippen molar-refractivity contribution in [3.05, 3.63) is 29.8 Å². The van der Waals surface area contributed by atoms with Gasteiger partial charge in [-0.05, 0) is 17.0 Å². The molecule has 0 saturated heterocycles. The van der Waals surface area contributed by atoms with Crippen LogP contribution in [0.25, 0.3) is 0 Å². The van der Waals surface area contributed by atoms with Crippen molar-refractivity contribution in [1.82, 2.24) is 0 Å². The highest BCUT2D eigenvalue weighted by atomic mass is 16.1. The lowest BCUT2D eigenvalue weighted by atomic mass is 9.86. The Morgan fingerprint density at radius 3 is 2.13 bits per heavy atom. The van der Waals surface area contributed by atoms with Crippen molar-refractivity contribution in [1.29, 1.82) is 0 Å². The molecule has 0 saturated carbocycles. The zero-order chi connectivity index (χ0) is 11.9. The summed E-state index contributed by atoms with van der Waals surface area (Å²) in [5, 5.41) is 2.70. The number of carbonyl (C=O) groups is 1. The lowest BCUT2D eigenvalue weighted by Crippen LogP contribution is -2.14. The van der Waals surface area contributed by atoms with Crippen LogP contribution in [0.2, 0.25) is 0 Å². The summed E-state index contributed by atoms with van der Waals surface area (Å²) in [5.41, 5.74) is 2.11. The molecule has 0 fully saturated rings. The van der Waals surface area contributed by atoms with Crippen molar-refractivity contribution >= 4 is 12.1 Å². The van der Waals surface area contributed by atoms with Gasteiger partial charge in [0.05, 0.1) is 0 Å². The fourth-order valence-electron chi connectivity index (χ4n) is 1.33. The summed E-state index contributed by atoms with van der Waals surface area (Å²) in [6, 6.07) is 7.85. The molecule has 0 aliphatic heterocycles. The van der Waals surface area contributed by atoms with E-state index in [2.05, 4.69) is 26.1 Å². The van der Waals surface area contributed by atoms with E-state index < -0.39 is 0 Å². The van der Waals surface area contributed by atoms with E-state index in [9.17, 15) is 4.79 Å². The van der Waals surface area contributed by atoms with E-state index in [0.29, 0.717) is 6.41 Å².